The van der Waals surface area contributed by atoms with Crippen molar-refractivity contribution in [1.29, 1.82) is 0 Å². The van der Waals surface area contributed by atoms with Gasteiger partial charge in [-0.25, -0.2) is 4.79 Å². The van der Waals surface area contributed by atoms with Crippen LogP contribution in [0, 0.1) is 23.7 Å². The number of ether oxygens (including phenoxy) is 1. The molecule has 6 rings (SSSR count). The van der Waals surface area contributed by atoms with E-state index in [1.807, 2.05) is 43.3 Å². The van der Waals surface area contributed by atoms with E-state index in [-0.39, 0.29) is 47.0 Å². The van der Waals surface area contributed by atoms with Gasteiger partial charge in [-0.3, -0.25) is 19.3 Å². The second kappa shape index (κ2) is 10.1. The van der Waals surface area contributed by atoms with Gasteiger partial charge in [0.05, 0.1) is 23.1 Å². The van der Waals surface area contributed by atoms with Gasteiger partial charge in [0.1, 0.15) is 0 Å². The minimum absolute atomic E-state index is 0.147. The van der Waals surface area contributed by atoms with Crippen LogP contribution in [0.1, 0.15) is 47.2 Å². The second-order valence-electron chi connectivity index (χ2n) is 10.7. The van der Waals surface area contributed by atoms with Crippen molar-refractivity contribution < 1.29 is 23.9 Å². The van der Waals surface area contributed by atoms with Crippen LogP contribution in [0.3, 0.4) is 0 Å². The number of anilines is 2. The molecule has 0 aromatic heterocycles. The van der Waals surface area contributed by atoms with Crippen LogP contribution in [-0.2, 0) is 25.5 Å². The number of hydrogen-bond acceptors (Lipinski definition) is 5. The maximum Gasteiger partial charge on any atom is 0.338 e. The smallest absolute Gasteiger partial charge is 0.338 e. The number of hydrogen-bond donors (Lipinski definition) is 1. The maximum atomic E-state index is 13.6. The van der Waals surface area contributed by atoms with Gasteiger partial charge >= 0.3 is 5.97 Å². The highest BCUT2D eigenvalue weighted by Crippen LogP contribution is 2.61. The number of fused-ring (bicyclic) bond motifs is 5. The van der Waals surface area contributed by atoms with Crippen LogP contribution in [0.15, 0.2) is 78.9 Å². The van der Waals surface area contributed by atoms with Gasteiger partial charge in [0, 0.05) is 5.69 Å². The summed E-state index contributed by atoms with van der Waals surface area (Å²) in [5.41, 5.74) is 3.44. The molecule has 1 heterocycles. The number of para-hydroxylation sites is 1. The van der Waals surface area contributed by atoms with E-state index in [1.165, 1.54) is 16.5 Å². The predicted octanol–water partition coefficient (Wildman–Crippen LogP) is 4.97. The van der Waals surface area contributed by atoms with Crippen LogP contribution in [0.25, 0.3) is 0 Å². The number of imide groups is 1. The fourth-order valence-electron chi connectivity index (χ4n) is 6.92. The molecule has 39 heavy (non-hydrogen) atoms. The molecule has 2 aliphatic carbocycles. The predicted molar refractivity (Wildman–Crippen MR) is 146 cm³/mol. The Kier molecular flexibility index (Phi) is 6.51. The van der Waals surface area contributed by atoms with Crippen molar-refractivity contribution in [2.75, 3.05) is 16.8 Å². The zero-order valence-electron chi connectivity index (χ0n) is 21.7. The summed E-state index contributed by atoms with van der Waals surface area (Å²) in [4.78, 5) is 53.5. The first-order valence-corrected chi connectivity index (χ1v) is 13.5. The Balaban J connectivity index is 1.14. The van der Waals surface area contributed by atoms with Gasteiger partial charge in [0.25, 0.3) is 5.91 Å². The Bertz CT molecular complexity index is 1450. The van der Waals surface area contributed by atoms with Crippen LogP contribution in [0.4, 0.5) is 11.4 Å². The summed E-state index contributed by atoms with van der Waals surface area (Å²) in [7, 11) is 0. The van der Waals surface area contributed by atoms with Crippen LogP contribution < -0.4 is 10.2 Å². The highest BCUT2D eigenvalue weighted by molar-refractivity contribution is 6.23. The molecule has 2 bridgehead atoms. The first-order chi connectivity index (χ1) is 19.0. The van der Waals surface area contributed by atoms with Crippen LogP contribution in [0.5, 0.6) is 0 Å². The van der Waals surface area contributed by atoms with E-state index in [2.05, 4.69) is 17.4 Å². The monoisotopic (exact) mass is 522 g/mol. The van der Waals surface area contributed by atoms with Crippen molar-refractivity contribution in [2.24, 2.45) is 23.7 Å². The average molecular weight is 523 g/mol. The minimum Gasteiger partial charge on any atom is -0.452 e. The number of aryl methyl sites for hydroxylation is 1. The van der Waals surface area contributed by atoms with E-state index in [9.17, 15) is 19.2 Å². The summed E-state index contributed by atoms with van der Waals surface area (Å²) in [6.07, 6.45) is 2.57. The molecule has 1 saturated heterocycles. The molecule has 0 unspecified atom stereocenters. The number of benzene rings is 3. The Hall–Kier alpha value is -4.26. The third-order valence-electron chi connectivity index (χ3n) is 8.59. The second-order valence-corrected chi connectivity index (χ2v) is 10.7. The standard InChI is InChI=1S/C32H30N2O5/c1-2-19-9-6-7-14-26(19)33-27(35)18-39-32(38)21-12-8-13-23(15-21)34-30(36)28-22-16-24(20-10-4-3-5-11-20)25(17-22)29(28)31(34)37/h3-15,22,24-25,28-29H,2,16-18H2,1H3,(H,33,35)/t22-,24-,25+,28+,29-/m0/s1. The molecule has 3 fully saturated rings. The summed E-state index contributed by atoms with van der Waals surface area (Å²) < 4.78 is 5.25. The zero-order chi connectivity index (χ0) is 27.1. The Labute approximate surface area is 227 Å². The lowest BCUT2D eigenvalue weighted by molar-refractivity contribution is -0.123. The number of carbonyl (C=O) groups excluding carboxylic acids is 4. The number of esters is 1. The molecule has 3 amide bonds. The highest BCUT2D eigenvalue weighted by atomic mass is 16.5. The van der Waals surface area contributed by atoms with Gasteiger partial charge in [0.15, 0.2) is 6.61 Å². The topological polar surface area (TPSA) is 92.8 Å². The van der Waals surface area contributed by atoms with Crippen LogP contribution >= 0.6 is 0 Å². The van der Waals surface area contributed by atoms with E-state index in [0.717, 1.165) is 24.8 Å². The lowest BCUT2D eigenvalue weighted by atomic mass is 9.73. The molecular formula is C32H30N2O5. The largest absolute Gasteiger partial charge is 0.452 e. The molecule has 1 N–H and O–H groups in total. The number of nitrogens with zero attached hydrogens (tertiary/aromatic N) is 1. The quantitative estimate of drug-likeness (QED) is 0.349. The molecule has 7 nitrogen and oxygen atoms in total. The molecule has 3 aromatic carbocycles. The fraction of sp³-hybridized carbons (Fsp3) is 0.312. The van der Waals surface area contributed by atoms with Crippen LogP contribution in [0.2, 0.25) is 0 Å². The van der Waals surface area contributed by atoms with Crippen molar-refractivity contribution in [3.05, 3.63) is 95.6 Å². The summed E-state index contributed by atoms with van der Waals surface area (Å²) in [5, 5.41) is 2.77. The molecular weight excluding hydrogens is 492 g/mol. The van der Waals surface area contributed by atoms with Crippen molar-refractivity contribution >= 4 is 35.1 Å². The lowest BCUT2D eigenvalue weighted by Crippen LogP contribution is -2.33. The third kappa shape index (κ3) is 4.42. The minimum atomic E-state index is -0.695. The molecule has 1 aliphatic heterocycles. The number of amides is 3. The molecule has 5 atom stereocenters. The van der Waals surface area contributed by atoms with Gasteiger partial charge in [0.2, 0.25) is 11.8 Å². The van der Waals surface area contributed by atoms with E-state index in [0.29, 0.717) is 11.4 Å². The SMILES string of the molecule is CCc1ccccc1NC(=O)COC(=O)c1cccc(N2C(=O)[C@@H]3[C@@H]4C[C@@H]([C@@H]3C2=O)[C@H](c2ccccc2)C4)c1. The fourth-order valence-corrected chi connectivity index (χ4v) is 6.92. The number of carbonyl (C=O) groups is 4. The van der Waals surface area contributed by atoms with Gasteiger partial charge in [-0.2, -0.15) is 0 Å². The molecule has 3 aromatic rings. The zero-order valence-corrected chi connectivity index (χ0v) is 21.7. The van der Waals surface area contributed by atoms with Crippen molar-refractivity contribution in [2.45, 2.75) is 32.1 Å². The molecule has 7 heteroatoms. The molecule has 198 valence electrons. The van der Waals surface area contributed by atoms with Gasteiger partial charge < -0.3 is 10.1 Å². The average Bonchev–Trinajstić information content (AvgIpc) is 3.63. The normalized spacial score (nSPS) is 25.1. The van der Waals surface area contributed by atoms with Crippen molar-refractivity contribution in [3.63, 3.8) is 0 Å². The molecule has 3 aliphatic rings. The van der Waals surface area contributed by atoms with Crippen molar-refractivity contribution in [3.8, 4) is 0 Å². The summed E-state index contributed by atoms with van der Waals surface area (Å²) >= 11 is 0. The van der Waals surface area contributed by atoms with Crippen molar-refractivity contribution in [1.82, 2.24) is 0 Å². The third-order valence-corrected chi connectivity index (χ3v) is 8.59. The Morgan fingerprint density at radius 2 is 1.64 bits per heavy atom. The Morgan fingerprint density at radius 1 is 0.897 bits per heavy atom. The Morgan fingerprint density at radius 3 is 2.44 bits per heavy atom. The van der Waals surface area contributed by atoms with Gasteiger partial charge in [-0.1, -0.05) is 61.5 Å². The number of nitrogens with one attached hydrogen (secondary N) is 1. The first kappa shape index (κ1) is 25.0. The molecule has 0 radical (unpaired) electrons. The van der Waals surface area contributed by atoms with E-state index in [1.54, 1.807) is 24.3 Å². The summed E-state index contributed by atoms with van der Waals surface area (Å²) in [6.45, 7) is 1.55. The summed E-state index contributed by atoms with van der Waals surface area (Å²) in [6, 6.07) is 24.0. The van der Waals surface area contributed by atoms with Gasteiger partial charge in [-0.05, 0) is 72.4 Å². The van der Waals surface area contributed by atoms with Crippen LogP contribution in [-0.4, -0.2) is 30.3 Å². The summed E-state index contributed by atoms with van der Waals surface area (Å²) in [5.74, 6) is -1.50. The van der Waals surface area contributed by atoms with Gasteiger partial charge in [-0.15, -0.1) is 0 Å². The number of rotatable bonds is 7. The van der Waals surface area contributed by atoms with E-state index in [4.69, 9.17) is 4.74 Å². The highest BCUT2D eigenvalue weighted by Gasteiger charge is 2.64. The van der Waals surface area contributed by atoms with E-state index >= 15 is 0 Å². The first-order valence-electron chi connectivity index (χ1n) is 13.5. The molecule has 0 spiro atoms. The maximum absolute atomic E-state index is 13.6. The molecule has 2 saturated carbocycles. The van der Waals surface area contributed by atoms with E-state index < -0.39 is 18.5 Å². The lowest BCUT2D eigenvalue weighted by Gasteiger charge is -2.28.